The zero-order valence-corrected chi connectivity index (χ0v) is 40.2. The standard InChI is InChI=1S/C65H60N2/c1-63(2,3)50-33-38-58-60(42-50)65(7,8)61-43-51(64(4,5)6)41-59(62(58)61)49-39-56(66(52-25-17-11-18-26-52)54-34-29-47(30-35-54)45-21-13-9-14-22-45)44-57(40-49)67(53-27-19-12-20-28-53)55-36-31-48(32-37-55)46-23-15-10-16-24-46/h9-44H,1-8H3. The lowest BCUT2D eigenvalue weighted by molar-refractivity contribution is 0.580. The Bertz CT molecular complexity index is 3030. The number of nitrogens with zero attached hydrogens (tertiary/aromatic N) is 2. The molecule has 0 saturated carbocycles. The van der Waals surface area contributed by atoms with E-state index in [2.05, 4.69) is 284 Å². The third-order valence-corrected chi connectivity index (χ3v) is 13.7. The van der Waals surface area contributed by atoms with Gasteiger partial charge in [-0.1, -0.05) is 201 Å². The van der Waals surface area contributed by atoms with E-state index in [-0.39, 0.29) is 16.2 Å². The molecule has 0 heterocycles. The van der Waals surface area contributed by atoms with E-state index in [9.17, 15) is 0 Å². The summed E-state index contributed by atoms with van der Waals surface area (Å²) in [7, 11) is 0. The zero-order valence-electron chi connectivity index (χ0n) is 40.2. The average Bonchev–Trinajstić information content (AvgIpc) is 3.57. The maximum absolute atomic E-state index is 2.51. The smallest absolute Gasteiger partial charge is 0.0488 e. The van der Waals surface area contributed by atoms with Crippen LogP contribution in [0.2, 0.25) is 0 Å². The van der Waals surface area contributed by atoms with Gasteiger partial charge in [0.15, 0.2) is 0 Å². The minimum absolute atomic E-state index is 0.0307. The van der Waals surface area contributed by atoms with Crippen molar-refractivity contribution < 1.29 is 0 Å². The van der Waals surface area contributed by atoms with E-state index in [0.29, 0.717) is 0 Å². The first-order valence-corrected chi connectivity index (χ1v) is 23.8. The van der Waals surface area contributed by atoms with Crippen molar-refractivity contribution in [3.63, 3.8) is 0 Å². The molecule has 10 rings (SSSR count). The molecule has 1 aliphatic rings. The predicted octanol–water partition coefficient (Wildman–Crippen LogP) is 18.5. The molecule has 0 fully saturated rings. The van der Waals surface area contributed by atoms with Gasteiger partial charge in [0.1, 0.15) is 0 Å². The maximum Gasteiger partial charge on any atom is 0.0488 e. The van der Waals surface area contributed by atoms with E-state index in [1.165, 1.54) is 66.8 Å². The van der Waals surface area contributed by atoms with Gasteiger partial charge in [0.25, 0.3) is 0 Å². The highest BCUT2D eigenvalue weighted by Crippen LogP contribution is 2.55. The lowest BCUT2D eigenvalue weighted by Gasteiger charge is -2.31. The Hall–Kier alpha value is -7.42. The van der Waals surface area contributed by atoms with Crippen molar-refractivity contribution in [1.82, 2.24) is 0 Å². The zero-order chi connectivity index (χ0) is 46.5. The topological polar surface area (TPSA) is 6.48 Å². The summed E-state index contributed by atoms with van der Waals surface area (Å²) in [5.41, 5.74) is 21.6. The molecule has 2 heteroatoms. The molecule has 0 radical (unpaired) electrons. The van der Waals surface area contributed by atoms with E-state index >= 15 is 0 Å². The van der Waals surface area contributed by atoms with Gasteiger partial charge in [-0.25, -0.2) is 0 Å². The second kappa shape index (κ2) is 17.1. The summed E-state index contributed by atoms with van der Waals surface area (Å²) in [6.07, 6.45) is 0. The Kier molecular flexibility index (Phi) is 11.1. The lowest BCUT2D eigenvalue weighted by Crippen LogP contribution is -2.19. The molecule has 9 aromatic rings. The molecule has 0 unspecified atom stereocenters. The number of anilines is 6. The molecule has 2 nitrogen and oxygen atoms in total. The highest BCUT2D eigenvalue weighted by molar-refractivity contribution is 5.96. The molecule has 0 amide bonds. The van der Waals surface area contributed by atoms with E-state index in [4.69, 9.17) is 0 Å². The van der Waals surface area contributed by atoms with Gasteiger partial charge in [0.05, 0.1) is 0 Å². The second-order valence-corrected chi connectivity index (χ2v) is 20.7. The van der Waals surface area contributed by atoms with Gasteiger partial charge >= 0.3 is 0 Å². The van der Waals surface area contributed by atoms with Crippen LogP contribution < -0.4 is 9.80 Å². The van der Waals surface area contributed by atoms with Crippen LogP contribution in [0.3, 0.4) is 0 Å². The highest BCUT2D eigenvalue weighted by atomic mass is 15.2. The summed E-state index contributed by atoms with van der Waals surface area (Å²) < 4.78 is 0. The fourth-order valence-electron chi connectivity index (χ4n) is 9.90. The summed E-state index contributed by atoms with van der Waals surface area (Å²) in [6.45, 7) is 18.9. The maximum atomic E-state index is 2.51. The molecule has 330 valence electrons. The van der Waals surface area contributed by atoms with Gasteiger partial charge in [0.2, 0.25) is 0 Å². The summed E-state index contributed by atoms with van der Waals surface area (Å²) in [4.78, 5) is 4.84. The molecule has 1 aliphatic carbocycles. The Balaban J connectivity index is 1.26. The Morgan fingerprint density at radius 2 is 0.687 bits per heavy atom. The number of benzene rings is 9. The summed E-state index contributed by atoms with van der Waals surface area (Å²) in [6, 6.07) is 80.5. The van der Waals surface area contributed by atoms with Crippen molar-refractivity contribution in [2.24, 2.45) is 0 Å². The minimum atomic E-state index is -0.199. The number of hydrogen-bond acceptors (Lipinski definition) is 2. The van der Waals surface area contributed by atoms with Gasteiger partial charge in [-0.15, -0.1) is 0 Å². The monoisotopic (exact) mass is 868 g/mol. The summed E-state index contributed by atoms with van der Waals surface area (Å²) in [5, 5.41) is 0. The van der Waals surface area contributed by atoms with E-state index < -0.39 is 0 Å². The molecule has 0 saturated heterocycles. The molecule has 0 aromatic heterocycles. The van der Waals surface area contributed by atoms with Crippen LogP contribution in [0.5, 0.6) is 0 Å². The van der Waals surface area contributed by atoms with Gasteiger partial charge in [-0.05, 0) is 150 Å². The Labute approximate surface area is 398 Å². The fraction of sp³-hybridized carbons (Fsp3) is 0.169. The van der Waals surface area contributed by atoms with Crippen molar-refractivity contribution in [3.05, 3.63) is 241 Å². The SMILES string of the molecule is CC(C)(C)c1ccc2c(c1)C(C)(C)c1cc(C(C)(C)C)cc(-c3cc(N(c4ccccc4)c4ccc(-c5ccccc5)cc4)cc(N(c4ccccc4)c4ccc(-c5ccccc5)cc4)c3)c1-2. The molecule has 0 aliphatic heterocycles. The van der Waals surface area contributed by atoms with Crippen LogP contribution in [-0.2, 0) is 16.2 Å². The van der Waals surface area contributed by atoms with E-state index in [1.54, 1.807) is 0 Å². The van der Waals surface area contributed by atoms with Crippen molar-refractivity contribution in [1.29, 1.82) is 0 Å². The Morgan fingerprint density at radius 1 is 0.299 bits per heavy atom. The van der Waals surface area contributed by atoms with Crippen LogP contribution in [0.1, 0.15) is 77.6 Å². The molecule has 0 N–H and O–H groups in total. The van der Waals surface area contributed by atoms with Crippen molar-refractivity contribution >= 4 is 34.1 Å². The third-order valence-electron chi connectivity index (χ3n) is 13.7. The number of fused-ring (bicyclic) bond motifs is 3. The van der Waals surface area contributed by atoms with E-state index in [0.717, 1.165) is 34.1 Å². The number of rotatable bonds is 9. The third kappa shape index (κ3) is 8.38. The van der Waals surface area contributed by atoms with Crippen LogP contribution in [0.4, 0.5) is 34.1 Å². The molecular weight excluding hydrogens is 809 g/mol. The molecule has 0 atom stereocenters. The van der Waals surface area contributed by atoms with Gasteiger partial charge in [-0.3, -0.25) is 0 Å². The van der Waals surface area contributed by atoms with Gasteiger partial charge in [-0.2, -0.15) is 0 Å². The quantitative estimate of drug-likeness (QED) is 0.143. The van der Waals surface area contributed by atoms with E-state index in [1.807, 2.05) is 0 Å². The van der Waals surface area contributed by atoms with Gasteiger partial charge in [0, 0.05) is 39.5 Å². The summed E-state index contributed by atoms with van der Waals surface area (Å²) in [5.74, 6) is 0. The Morgan fingerprint density at radius 3 is 1.12 bits per heavy atom. The van der Waals surface area contributed by atoms with Crippen LogP contribution in [0.15, 0.2) is 218 Å². The molecule has 0 bridgehead atoms. The largest absolute Gasteiger partial charge is 0.310 e. The first-order chi connectivity index (χ1) is 32.2. The molecule has 9 aromatic carbocycles. The van der Waals surface area contributed by atoms with Crippen molar-refractivity contribution in [2.45, 2.75) is 71.6 Å². The normalized spacial score (nSPS) is 12.9. The van der Waals surface area contributed by atoms with Crippen molar-refractivity contribution in [2.75, 3.05) is 9.80 Å². The first-order valence-electron chi connectivity index (χ1n) is 23.8. The first kappa shape index (κ1) is 43.5. The fourth-order valence-corrected chi connectivity index (χ4v) is 9.90. The van der Waals surface area contributed by atoms with Crippen molar-refractivity contribution in [3.8, 4) is 44.5 Å². The molecule has 0 spiro atoms. The minimum Gasteiger partial charge on any atom is -0.310 e. The second-order valence-electron chi connectivity index (χ2n) is 20.7. The average molecular weight is 869 g/mol. The lowest BCUT2D eigenvalue weighted by atomic mass is 9.76. The number of hydrogen-bond donors (Lipinski definition) is 0. The van der Waals surface area contributed by atoms with Gasteiger partial charge < -0.3 is 9.80 Å². The number of para-hydroxylation sites is 2. The van der Waals surface area contributed by atoms with Crippen LogP contribution in [0, 0.1) is 0 Å². The van der Waals surface area contributed by atoms with Crippen LogP contribution in [-0.4, -0.2) is 0 Å². The molecular formula is C65H60N2. The summed E-state index contributed by atoms with van der Waals surface area (Å²) >= 11 is 0. The van der Waals surface area contributed by atoms with Crippen LogP contribution >= 0.6 is 0 Å². The van der Waals surface area contributed by atoms with Crippen LogP contribution in [0.25, 0.3) is 44.5 Å². The highest BCUT2D eigenvalue weighted by Gasteiger charge is 2.39. The molecule has 67 heavy (non-hydrogen) atoms. The predicted molar refractivity (Wildman–Crippen MR) is 287 cm³/mol.